The second-order valence-electron chi connectivity index (χ2n) is 2.44. The molecule has 0 unspecified atom stereocenters. The lowest BCUT2D eigenvalue weighted by molar-refractivity contribution is 0.385. The number of aromatic amines is 1. The van der Waals surface area contributed by atoms with Crippen LogP contribution >= 0.6 is 0 Å². The van der Waals surface area contributed by atoms with E-state index >= 15 is 0 Å². The Bertz CT molecular complexity index is 458. The fraction of sp³-hybridized carbons (Fsp3) is 0.167. The molecule has 2 rings (SSSR count). The first kappa shape index (κ1) is 8.27. The quantitative estimate of drug-likeness (QED) is 0.745. The summed E-state index contributed by atoms with van der Waals surface area (Å²) in [7, 11) is -2.59. The Morgan fingerprint density at radius 3 is 2.92 bits per heavy atom. The maximum Gasteiger partial charge on any atom is 0.379 e. The van der Waals surface area contributed by atoms with E-state index in [-0.39, 0.29) is 0 Å². The molecule has 0 bridgehead atoms. The SMILES string of the molecule is COS(=O)(=O)n1cc2cncc-2[nH]1. The molecular formula is C6H7N3O3S. The van der Waals surface area contributed by atoms with Gasteiger partial charge in [0.1, 0.15) is 0 Å². The molecule has 0 aromatic carbocycles. The van der Waals surface area contributed by atoms with E-state index < -0.39 is 10.3 Å². The van der Waals surface area contributed by atoms with E-state index in [1.807, 2.05) is 0 Å². The number of H-pyrrole nitrogens is 1. The van der Waals surface area contributed by atoms with E-state index in [1.165, 1.54) is 12.4 Å². The highest BCUT2D eigenvalue weighted by Crippen LogP contribution is 2.19. The van der Waals surface area contributed by atoms with Crippen LogP contribution in [0.4, 0.5) is 0 Å². The summed E-state index contributed by atoms with van der Waals surface area (Å²) in [6, 6.07) is 0. The lowest BCUT2D eigenvalue weighted by Crippen LogP contribution is -2.14. The van der Waals surface area contributed by atoms with Crippen LogP contribution in [0.2, 0.25) is 0 Å². The molecule has 0 saturated heterocycles. The summed E-state index contributed by atoms with van der Waals surface area (Å²) in [6.45, 7) is 0. The number of rotatable bonds is 2. The van der Waals surface area contributed by atoms with E-state index in [0.717, 1.165) is 16.8 Å². The average molecular weight is 201 g/mol. The summed E-state index contributed by atoms with van der Waals surface area (Å²) in [4.78, 5) is 3.83. The van der Waals surface area contributed by atoms with Crippen molar-refractivity contribution in [3.8, 4) is 11.3 Å². The first-order chi connectivity index (χ1) is 6.13. The minimum Gasteiger partial charge on any atom is -0.281 e. The fourth-order valence-corrected chi connectivity index (χ4v) is 1.62. The van der Waals surface area contributed by atoms with E-state index in [0.29, 0.717) is 5.69 Å². The van der Waals surface area contributed by atoms with Gasteiger partial charge in [-0.25, -0.2) is 0 Å². The van der Waals surface area contributed by atoms with E-state index in [2.05, 4.69) is 14.3 Å². The zero-order chi connectivity index (χ0) is 9.47. The van der Waals surface area contributed by atoms with Crippen molar-refractivity contribution in [3.05, 3.63) is 18.6 Å². The Morgan fingerprint density at radius 1 is 1.54 bits per heavy atom. The zero-order valence-corrected chi connectivity index (χ0v) is 7.58. The predicted octanol–water partition coefficient (Wildman–Crippen LogP) is 0.0553. The van der Waals surface area contributed by atoms with Crippen molar-refractivity contribution in [1.29, 1.82) is 0 Å². The number of hydrogen-bond donors (Lipinski definition) is 1. The molecule has 2 aliphatic heterocycles. The summed E-state index contributed by atoms with van der Waals surface area (Å²) >= 11 is 0. The molecule has 0 saturated carbocycles. The van der Waals surface area contributed by atoms with Crippen molar-refractivity contribution in [2.75, 3.05) is 7.11 Å². The van der Waals surface area contributed by atoms with E-state index in [9.17, 15) is 8.42 Å². The molecule has 0 aromatic heterocycles. The molecule has 0 fully saturated rings. The summed E-state index contributed by atoms with van der Waals surface area (Å²) in [6.07, 6.45) is 4.51. The van der Waals surface area contributed by atoms with Crippen molar-refractivity contribution in [3.63, 3.8) is 0 Å². The van der Waals surface area contributed by atoms with Gasteiger partial charge in [-0.3, -0.25) is 14.3 Å². The number of nitrogens with zero attached hydrogens (tertiary/aromatic N) is 2. The van der Waals surface area contributed by atoms with Crippen molar-refractivity contribution >= 4 is 10.3 Å². The first-order valence-corrected chi connectivity index (χ1v) is 4.82. The lowest BCUT2D eigenvalue weighted by Gasteiger charge is -1.99. The highest BCUT2D eigenvalue weighted by molar-refractivity contribution is 7.85. The van der Waals surface area contributed by atoms with Gasteiger partial charge in [-0.15, -0.1) is 0 Å². The molecule has 0 atom stereocenters. The predicted molar refractivity (Wildman–Crippen MR) is 44.5 cm³/mol. The molecule has 70 valence electrons. The Labute approximate surface area is 74.7 Å². The molecule has 0 aromatic rings. The van der Waals surface area contributed by atoms with Gasteiger partial charge in [0.2, 0.25) is 0 Å². The molecule has 0 aliphatic carbocycles. The third kappa shape index (κ3) is 1.21. The second kappa shape index (κ2) is 2.57. The largest absolute Gasteiger partial charge is 0.379 e. The second-order valence-corrected chi connectivity index (χ2v) is 4.02. The van der Waals surface area contributed by atoms with E-state index in [4.69, 9.17) is 0 Å². The van der Waals surface area contributed by atoms with Crippen molar-refractivity contribution < 1.29 is 12.6 Å². The molecule has 2 aliphatic rings. The maximum atomic E-state index is 11.2. The average Bonchev–Trinajstić information content (AvgIpc) is 2.61. The van der Waals surface area contributed by atoms with Crippen molar-refractivity contribution in [2.24, 2.45) is 0 Å². The number of hydrogen-bond acceptors (Lipinski definition) is 4. The fourth-order valence-electron chi connectivity index (χ4n) is 1.01. The normalized spacial score (nSPS) is 12.4. The Hall–Kier alpha value is -1.34. The van der Waals surface area contributed by atoms with Crippen LogP contribution in [0.3, 0.4) is 0 Å². The van der Waals surface area contributed by atoms with Gasteiger partial charge >= 0.3 is 10.3 Å². The molecule has 0 spiro atoms. The summed E-state index contributed by atoms with van der Waals surface area (Å²) < 4.78 is 27.5. The van der Waals surface area contributed by atoms with Crippen molar-refractivity contribution in [1.82, 2.24) is 14.2 Å². The molecule has 0 amide bonds. The van der Waals surface area contributed by atoms with Crippen LogP contribution in [0, 0.1) is 0 Å². The van der Waals surface area contributed by atoms with Crippen LogP contribution < -0.4 is 0 Å². The minimum absolute atomic E-state index is 0.653. The highest BCUT2D eigenvalue weighted by atomic mass is 32.2. The maximum absolute atomic E-state index is 11.2. The van der Waals surface area contributed by atoms with E-state index in [1.54, 1.807) is 6.20 Å². The molecule has 6 nitrogen and oxygen atoms in total. The smallest absolute Gasteiger partial charge is 0.281 e. The molecule has 0 radical (unpaired) electrons. The van der Waals surface area contributed by atoms with Crippen molar-refractivity contribution in [2.45, 2.75) is 0 Å². The lowest BCUT2D eigenvalue weighted by atomic mass is 10.3. The van der Waals surface area contributed by atoms with Crippen LogP contribution in [0.25, 0.3) is 11.3 Å². The third-order valence-corrected chi connectivity index (χ3v) is 2.77. The summed E-state index contributed by atoms with van der Waals surface area (Å²) in [5, 5.41) is 2.61. The Morgan fingerprint density at radius 2 is 2.31 bits per heavy atom. The van der Waals surface area contributed by atoms with Gasteiger partial charge in [-0.2, -0.15) is 12.5 Å². The molecule has 1 N–H and O–H groups in total. The van der Waals surface area contributed by atoms with Crippen LogP contribution in [-0.2, 0) is 14.5 Å². The Kier molecular flexibility index (Phi) is 1.64. The summed E-state index contributed by atoms with van der Waals surface area (Å²) in [5.74, 6) is 0. The zero-order valence-electron chi connectivity index (χ0n) is 6.76. The van der Waals surface area contributed by atoms with Crippen LogP contribution in [-0.4, -0.2) is 29.7 Å². The Balaban J connectivity index is 2.59. The monoisotopic (exact) mass is 201 g/mol. The van der Waals surface area contributed by atoms with Crippen LogP contribution in [0.15, 0.2) is 18.6 Å². The number of fused-ring (bicyclic) bond motifs is 1. The highest BCUT2D eigenvalue weighted by Gasteiger charge is 2.15. The van der Waals surface area contributed by atoms with Crippen LogP contribution in [0.1, 0.15) is 0 Å². The number of aromatic nitrogens is 3. The topological polar surface area (TPSA) is 77.0 Å². The van der Waals surface area contributed by atoms with Gasteiger partial charge < -0.3 is 0 Å². The molecule has 13 heavy (non-hydrogen) atoms. The van der Waals surface area contributed by atoms with Gasteiger partial charge in [0.25, 0.3) is 0 Å². The third-order valence-electron chi connectivity index (χ3n) is 1.67. The number of nitrogens with one attached hydrogen (secondary N) is 1. The first-order valence-electron chi connectivity index (χ1n) is 3.46. The van der Waals surface area contributed by atoms with Gasteiger partial charge in [0.15, 0.2) is 0 Å². The van der Waals surface area contributed by atoms with Gasteiger partial charge in [-0.05, 0) is 0 Å². The van der Waals surface area contributed by atoms with Gasteiger partial charge in [0.05, 0.1) is 25.2 Å². The van der Waals surface area contributed by atoms with Crippen LogP contribution in [0.5, 0.6) is 0 Å². The van der Waals surface area contributed by atoms with Gasteiger partial charge in [-0.1, -0.05) is 0 Å². The van der Waals surface area contributed by atoms with Gasteiger partial charge in [0, 0.05) is 11.8 Å². The minimum atomic E-state index is -3.70. The molecule has 7 heteroatoms. The summed E-state index contributed by atoms with van der Waals surface area (Å²) in [5.41, 5.74) is 1.38. The molecule has 2 heterocycles. The standard InChI is InChI=1S/C6H7N3O3S/c1-12-13(10,11)9-4-5-2-7-3-6(5)8-9/h2-4,8H,1H3. The molecular weight excluding hydrogens is 194 g/mol.